The highest BCUT2D eigenvalue weighted by atomic mass is 35.5. The molecule has 0 aliphatic carbocycles. The fraction of sp³-hybridized carbons (Fsp3) is 0.462. The van der Waals surface area contributed by atoms with Gasteiger partial charge in [0.2, 0.25) is 0 Å². The topological polar surface area (TPSA) is 43.8 Å². The number of anilines is 1. The molecule has 0 radical (unpaired) electrons. The first-order chi connectivity index (χ1) is 7.52. The van der Waals surface area contributed by atoms with Gasteiger partial charge in [0.1, 0.15) is 0 Å². The number of rotatable bonds is 2. The molecule has 2 heterocycles. The van der Waals surface area contributed by atoms with E-state index in [9.17, 15) is 0 Å². The van der Waals surface area contributed by atoms with Gasteiger partial charge < -0.3 is 10.3 Å². The molecule has 0 bridgehead atoms. The lowest BCUT2D eigenvalue weighted by Crippen LogP contribution is -2.06. The van der Waals surface area contributed by atoms with Gasteiger partial charge >= 0.3 is 0 Å². The molecule has 17 heavy (non-hydrogen) atoms. The minimum Gasteiger partial charge on any atom is -0.397 e. The Kier molecular flexibility index (Phi) is 4.04. The second-order valence-electron chi connectivity index (χ2n) is 4.84. The second kappa shape index (κ2) is 4.96. The van der Waals surface area contributed by atoms with Gasteiger partial charge in [-0.15, -0.1) is 12.4 Å². The van der Waals surface area contributed by atoms with Crippen molar-refractivity contribution in [3.8, 4) is 0 Å². The molecule has 2 rings (SSSR count). The number of hydrogen-bond donors (Lipinski definition) is 1. The monoisotopic (exact) mass is 253 g/mol. The van der Waals surface area contributed by atoms with E-state index in [1.54, 1.807) is 6.20 Å². The first-order valence-corrected chi connectivity index (χ1v) is 5.71. The molecule has 0 saturated heterocycles. The zero-order valence-electron chi connectivity index (χ0n) is 10.8. The Morgan fingerprint density at radius 1 is 1.29 bits per heavy atom. The second-order valence-corrected chi connectivity index (χ2v) is 4.84. The molecule has 0 unspecified atom stereocenters. The minimum absolute atomic E-state index is 0. The van der Waals surface area contributed by atoms with Crippen LogP contribution in [0, 0.1) is 19.8 Å². The molecule has 94 valence electrons. The number of pyridine rings is 1. The number of hydrogen-bond acceptors (Lipinski definition) is 2. The molecule has 2 aromatic rings. The van der Waals surface area contributed by atoms with E-state index in [0.29, 0.717) is 5.92 Å². The third kappa shape index (κ3) is 2.25. The van der Waals surface area contributed by atoms with Crippen LogP contribution in [0.15, 0.2) is 12.4 Å². The fourth-order valence-corrected chi connectivity index (χ4v) is 2.24. The summed E-state index contributed by atoms with van der Waals surface area (Å²) < 4.78 is 2.32. The molecular weight excluding hydrogens is 234 g/mol. The normalized spacial score (nSPS) is 10.9. The molecule has 0 aliphatic heterocycles. The van der Waals surface area contributed by atoms with E-state index in [0.717, 1.165) is 23.1 Å². The van der Waals surface area contributed by atoms with E-state index in [2.05, 4.69) is 37.2 Å². The van der Waals surface area contributed by atoms with Gasteiger partial charge in [0.15, 0.2) is 0 Å². The van der Waals surface area contributed by atoms with E-state index in [4.69, 9.17) is 5.73 Å². The average Bonchev–Trinajstić information content (AvgIpc) is 2.44. The summed E-state index contributed by atoms with van der Waals surface area (Å²) >= 11 is 0. The number of fused-ring (bicyclic) bond motifs is 1. The Hall–Kier alpha value is -1.22. The Morgan fingerprint density at radius 3 is 2.53 bits per heavy atom. The van der Waals surface area contributed by atoms with Gasteiger partial charge in [0, 0.05) is 17.6 Å². The molecule has 0 aliphatic rings. The molecule has 2 N–H and O–H groups in total. The summed E-state index contributed by atoms with van der Waals surface area (Å²) in [6, 6.07) is 0. The maximum Gasteiger partial charge on any atom is 0.0692 e. The molecule has 0 fully saturated rings. The highest BCUT2D eigenvalue weighted by Gasteiger charge is 2.13. The third-order valence-electron chi connectivity index (χ3n) is 3.12. The van der Waals surface area contributed by atoms with Crippen LogP contribution in [0.2, 0.25) is 0 Å². The van der Waals surface area contributed by atoms with E-state index in [1.165, 1.54) is 11.3 Å². The minimum atomic E-state index is 0. The van der Waals surface area contributed by atoms with Crippen LogP contribution in [0.1, 0.15) is 25.1 Å². The van der Waals surface area contributed by atoms with Gasteiger partial charge in [-0.1, -0.05) is 13.8 Å². The summed E-state index contributed by atoms with van der Waals surface area (Å²) in [5, 5.41) is 1.16. The van der Waals surface area contributed by atoms with Crippen LogP contribution in [0.3, 0.4) is 0 Å². The number of halogens is 1. The van der Waals surface area contributed by atoms with Crippen molar-refractivity contribution in [3.05, 3.63) is 23.7 Å². The summed E-state index contributed by atoms with van der Waals surface area (Å²) in [4.78, 5) is 4.19. The fourth-order valence-electron chi connectivity index (χ4n) is 2.24. The van der Waals surface area contributed by atoms with Gasteiger partial charge in [-0.05, 0) is 25.3 Å². The van der Waals surface area contributed by atoms with Gasteiger partial charge in [-0.3, -0.25) is 4.98 Å². The van der Waals surface area contributed by atoms with Crippen molar-refractivity contribution in [1.82, 2.24) is 9.55 Å². The van der Waals surface area contributed by atoms with Gasteiger partial charge in [-0.2, -0.15) is 0 Å². The number of nitrogens with two attached hydrogens (primary N) is 1. The molecule has 0 aromatic carbocycles. The van der Waals surface area contributed by atoms with E-state index >= 15 is 0 Å². The van der Waals surface area contributed by atoms with Crippen molar-refractivity contribution in [3.63, 3.8) is 0 Å². The van der Waals surface area contributed by atoms with Crippen LogP contribution in [0.5, 0.6) is 0 Å². The lowest BCUT2D eigenvalue weighted by Gasteiger charge is -2.10. The lowest BCUT2D eigenvalue weighted by molar-refractivity contribution is 0.527. The molecule has 3 nitrogen and oxygen atoms in total. The maximum atomic E-state index is 5.99. The zero-order chi connectivity index (χ0) is 11.9. The Balaban J connectivity index is 0.00000144. The first-order valence-electron chi connectivity index (χ1n) is 5.71. The van der Waals surface area contributed by atoms with Crippen molar-refractivity contribution >= 4 is 29.0 Å². The van der Waals surface area contributed by atoms with E-state index in [1.807, 2.05) is 6.20 Å². The van der Waals surface area contributed by atoms with Crippen molar-refractivity contribution in [1.29, 1.82) is 0 Å². The van der Waals surface area contributed by atoms with Gasteiger partial charge in [-0.25, -0.2) is 0 Å². The average molecular weight is 254 g/mol. The molecule has 0 atom stereocenters. The Labute approximate surface area is 108 Å². The molecule has 2 aromatic heterocycles. The molecule has 4 heteroatoms. The van der Waals surface area contributed by atoms with Crippen molar-refractivity contribution in [2.75, 3.05) is 5.73 Å². The number of aryl methyl sites for hydroxylation is 1. The third-order valence-corrected chi connectivity index (χ3v) is 3.12. The predicted octanol–water partition coefficient (Wildman–Crippen LogP) is 3.31. The van der Waals surface area contributed by atoms with Crippen LogP contribution in [-0.2, 0) is 6.54 Å². The molecular formula is C13H20ClN3. The van der Waals surface area contributed by atoms with Gasteiger partial charge in [0.05, 0.1) is 23.6 Å². The van der Waals surface area contributed by atoms with Crippen molar-refractivity contribution in [2.45, 2.75) is 34.2 Å². The van der Waals surface area contributed by atoms with Crippen LogP contribution >= 0.6 is 12.4 Å². The SMILES string of the molecule is Cc1c(C)n(CC(C)C)c2cncc(N)c12.Cl. The number of nitrogens with zero attached hydrogens (tertiary/aromatic N) is 2. The number of aromatic nitrogens is 2. The van der Waals surface area contributed by atoms with Crippen molar-refractivity contribution < 1.29 is 0 Å². The summed E-state index contributed by atoms with van der Waals surface area (Å²) in [5.74, 6) is 0.620. The van der Waals surface area contributed by atoms with Crippen molar-refractivity contribution in [2.24, 2.45) is 5.92 Å². The van der Waals surface area contributed by atoms with E-state index < -0.39 is 0 Å². The maximum absolute atomic E-state index is 5.99. The van der Waals surface area contributed by atoms with Crippen LogP contribution in [0.25, 0.3) is 10.9 Å². The summed E-state index contributed by atoms with van der Waals surface area (Å²) in [6.07, 6.45) is 3.64. The van der Waals surface area contributed by atoms with Crippen LogP contribution in [0.4, 0.5) is 5.69 Å². The molecule has 0 spiro atoms. The standard InChI is InChI=1S/C13H19N3.ClH/c1-8(2)7-16-10(4)9(3)13-11(14)5-15-6-12(13)16;/h5-6,8H,7,14H2,1-4H3;1H. The summed E-state index contributed by atoms with van der Waals surface area (Å²) in [6.45, 7) is 9.74. The van der Waals surface area contributed by atoms with Gasteiger partial charge in [0.25, 0.3) is 0 Å². The zero-order valence-corrected chi connectivity index (χ0v) is 11.6. The molecule has 0 saturated carbocycles. The first kappa shape index (κ1) is 13.8. The highest BCUT2D eigenvalue weighted by Crippen LogP contribution is 2.29. The summed E-state index contributed by atoms with van der Waals surface area (Å²) in [7, 11) is 0. The Morgan fingerprint density at radius 2 is 1.94 bits per heavy atom. The molecule has 0 amide bonds. The highest BCUT2D eigenvalue weighted by molar-refractivity contribution is 5.94. The smallest absolute Gasteiger partial charge is 0.0692 e. The van der Waals surface area contributed by atoms with Crippen LogP contribution in [-0.4, -0.2) is 9.55 Å². The number of nitrogen functional groups attached to an aromatic ring is 1. The largest absolute Gasteiger partial charge is 0.397 e. The van der Waals surface area contributed by atoms with E-state index in [-0.39, 0.29) is 12.4 Å². The van der Waals surface area contributed by atoms with Crippen LogP contribution < -0.4 is 5.73 Å². The Bertz CT molecular complexity index is 529. The lowest BCUT2D eigenvalue weighted by atomic mass is 10.2. The quantitative estimate of drug-likeness (QED) is 0.892. The predicted molar refractivity (Wildman–Crippen MR) is 75.7 cm³/mol. The summed E-state index contributed by atoms with van der Waals surface area (Å²) in [5.41, 5.74) is 10.5.